The fourth-order valence-electron chi connectivity index (χ4n) is 1.70. The van der Waals surface area contributed by atoms with Crippen molar-refractivity contribution in [3.05, 3.63) is 0 Å². The molecule has 0 aromatic carbocycles. The molecule has 0 amide bonds. The molecule has 1 fully saturated rings. The fraction of sp³-hybridized carbons (Fsp3) is 1.00. The Morgan fingerprint density at radius 1 is 1.21 bits per heavy atom. The van der Waals surface area contributed by atoms with Crippen LogP contribution in [-0.4, -0.2) is 24.4 Å². The molecule has 2 aliphatic rings. The first-order valence-electron chi connectivity index (χ1n) is 4.30. The van der Waals surface area contributed by atoms with Gasteiger partial charge in [-0.3, -0.25) is 0 Å². The van der Waals surface area contributed by atoms with Gasteiger partial charge in [-0.15, -0.1) is 22.6 Å². The van der Waals surface area contributed by atoms with Gasteiger partial charge in [-0.25, -0.2) is 0 Å². The Hall–Kier alpha value is -0.360. The summed E-state index contributed by atoms with van der Waals surface area (Å²) >= 11 is 0. The summed E-state index contributed by atoms with van der Waals surface area (Å²) in [5.74, 6) is 0. The van der Waals surface area contributed by atoms with Crippen molar-refractivity contribution in [1.82, 2.24) is 5.32 Å². The SMILES string of the molecule is Cl.FC(F)(F)C1(C2CCCCN2)N=N1. The molecule has 0 spiro atoms. The summed E-state index contributed by atoms with van der Waals surface area (Å²) in [6.07, 6.45) is -2.07. The van der Waals surface area contributed by atoms with Gasteiger partial charge in [-0.05, 0) is 19.4 Å². The molecular formula is C7H11ClF3N3. The zero-order chi connectivity index (χ0) is 9.53. The molecule has 2 rings (SSSR count). The Kier molecular flexibility index (Phi) is 3.06. The second-order valence-corrected chi connectivity index (χ2v) is 3.43. The fourth-order valence-corrected chi connectivity index (χ4v) is 1.70. The van der Waals surface area contributed by atoms with Crippen molar-refractivity contribution in [2.45, 2.75) is 37.1 Å². The number of hydrogen-bond donors (Lipinski definition) is 1. The molecule has 2 heterocycles. The highest BCUT2D eigenvalue weighted by atomic mass is 35.5. The summed E-state index contributed by atoms with van der Waals surface area (Å²) in [7, 11) is 0. The zero-order valence-electron chi connectivity index (χ0n) is 7.34. The van der Waals surface area contributed by atoms with Crippen LogP contribution in [0.2, 0.25) is 0 Å². The first kappa shape index (κ1) is 11.7. The predicted octanol–water partition coefficient (Wildman–Crippen LogP) is 2.27. The van der Waals surface area contributed by atoms with Crippen molar-refractivity contribution in [3.63, 3.8) is 0 Å². The van der Waals surface area contributed by atoms with Crippen LogP contribution in [0.3, 0.4) is 0 Å². The van der Waals surface area contributed by atoms with E-state index in [0.717, 1.165) is 12.8 Å². The lowest BCUT2D eigenvalue weighted by Gasteiger charge is -2.28. The predicted molar refractivity (Wildman–Crippen MR) is 46.5 cm³/mol. The molecule has 0 saturated carbocycles. The molecule has 1 N–H and O–H groups in total. The van der Waals surface area contributed by atoms with Crippen molar-refractivity contribution < 1.29 is 13.2 Å². The maximum absolute atomic E-state index is 12.5. The number of alkyl halides is 3. The van der Waals surface area contributed by atoms with Crippen LogP contribution in [0, 0.1) is 0 Å². The molecule has 1 saturated heterocycles. The highest BCUT2D eigenvalue weighted by molar-refractivity contribution is 5.85. The lowest BCUT2D eigenvalue weighted by molar-refractivity contribution is -0.172. The molecule has 0 aliphatic carbocycles. The monoisotopic (exact) mass is 229 g/mol. The van der Waals surface area contributed by atoms with Gasteiger partial charge in [0.05, 0.1) is 6.04 Å². The van der Waals surface area contributed by atoms with E-state index in [4.69, 9.17) is 0 Å². The van der Waals surface area contributed by atoms with Crippen LogP contribution in [0.5, 0.6) is 0 Å². The Labute approximate surface area is 85.6 Å². The van der Waals surface area contributed by atoms with E-state index in [9.17, 15) is 13.2 Å². The first-order valence-corrected chi connectivity index (χ1v) is 4.30. The quantitative estimate of drug-likeness (QED) is 0.736. The van der Waals surface area contributed by atoms with Gasteiger partial charge in [0, 0.05) is 0 Å². The van der Waals surface area contributed by atoms with Gasteiger partial charge in [0.25, 0.3) is 5.66 Å². The van der Waals surface area contributed by atoms with Crippen molar-refractivity contribution in [2.24, 2.45) is 10.2 Å². The summed E-state index contributed by atoms with van der Waals surface area (Å²) in [4.78, 5) is 0. The van der Waals surface area contributed by atoms with E-state index in [0.29, 0.717) is 13.0 Å². The second-order valence-electron chi connectivity index (χ2n) is 3.43. The average molecular weight is 230 g/mol. The van der Waals surface area contributed by atoms with E-state index in [2.05, 4.69) is 15.5 Å². The van der Waals surface area contributed by atoms with Crippen LogP contribution in [0.1, 0.15) is 19.3 Å². The van der Waals surface area contributed by atoms with E-state index in [1.807, 2.05) is 0 Å². The summed E-state index contributed by atoms with van der Waals surface area (Å²) in [6, 6.07) is -0.638. The summed E-state index contributed by atoms with van der Waals surface area (Å²) < 4.78 is 37.4. The number of nitrogens with one attached hydrogen (secondary N) is 1. The Morgan fingerprint density at radius 2 is 1.86 bits per heavy atom. The lowest BCUT2D eigenvalue weighted by atomic mass is 9.95. The van der Waals surface area contributed by atoms with Gasteiger partial charge in [0.2, 0.25) is 0 Å². The molecule has 3 nitrogen and oxygen atoms in total. The molecule has 0 radical (unpaired) electrons. The summed E-state index contributed by atoms with van der Waals surface area (Å²) in [5, 5.41) is 9.15. The van der Waals surface area contributed by atoms with Crippen LogP contribution < -0.4 is 5.32 Å². The number of halogens is 4. The molecule has 1 unspecified atom stereocenters. The maximum Gasteiger partial charge on any atom is 0.439 e. The first-order chi connectivity index (χ1) is 6.06. The maximum atomic E-state index is 12.5. The van der Waals surface area contributed by atoms with Crippen molar-refractivity contribution in [3.8, 4) is 0 Å². The molecule has 0 aromatic heterocycles. The van der Waals surface area contributed by atoms with Crippen molar-refractivity contribution in [1.29, 1.82) is 0 Å². The van der Waals surface area contributed by atoms with Crippen molar-refractivity contribution >= 4 is 12.4 Å². The van der Waals surface area contributed by atoms with Crippen LogP contribution in [0.15, 0.2) is 10.2 Å². The van der Waals surface area contributed by atoms with Gasteiger partial charge in [0.1, 0.15) is 0 Å². The van der Waals surface area contributed by atoms with E-state index in [-0.39, 0.29) is 12.4 Å². The second kappa shape index (κ2) is 3.66. The minimum Gasteiger partial charge on any atom is -0.310 e. The molecule has 14 heavy (non-hydrogen) atoms. The molecule has 0 bridgehead atoms. The Morgan fingerprint density at radius 3 is 2.21 bits per heavy atom. The Balaban J connectivity index is 0.000000980. The van der Waals surface area contributed by atoms with Crippen molar-refractivity contribution in [2.75, 3.05) is 6.54 Å². The largest absolute Gasteiger partial charge is 0.439 e. The third-order valence-corrected chi connectivity index (χ3v) is 2.53. The normalized spacial score (nSPS) is 29.5. The Bertz CT molecular complexity index is 229. The molecule has 0 aromatic rings. The van der Waals surface area contributed by atoms with Gasteiger partial charge < -0.3 is 5.32 Å². The van der Waals surface area contributed by atoms with Crippen LogP contribution in [0.4, 0.5) is 13.2 Å². The molecule has 1 atom stereocenters. The van der Waals surface area contributed by atoms with E-state index in [1.54, 1.807) is 0 Å². The van der Waals surface area contributed by atoms with E-state index < -0.39 is 17.9 Å². The van der Waals surface area contributed by atoms with Gasteiger partial charge in [-0.2, -0.15) is 13.2 Å². The van der Waals surface area contributed by atoms with Gasteiger partial charge >= 0.3 is 6.18 Å². The van der Waals surface area contributed by atoms with Crippen LogP contribution in [-0.2, 0) is 0 Å². The standard InChI is InChI=1S/C7H10F3N3.ClH/c8-7(9,10)6(12-13-6)5-3-1-2-4-11-5;/h5,11H,1-4H2;1H. The third-order valence-electron chi connectivity index (χ3n) is 2.53. The van der Waals surface area contributed by atoms with E-state index in [1.165, 1.54) is 0 Å². The molecule has 2 aliphatic heterocycles. The number of hydrogen-bond acceptors (Lipinski definition) is 3. The molecule has 7 heteroatoms. The van der Waals surface area contributed by atoms with Crippen LogP contribution >= 0.6 is 12.4 Å². The van der Waals surface area contributed by atoms with Crippen LogP contribution in [0.25, 0.3) is 0 Å². The lowest BCUT2D eigenvalue weighted by Crippen LogP contribution is -2.53. The number of piperidine rings is 1. The summed E-state index contributed by atoms with van der Waals surface area (Å²) in [6.45, 7) is 0.632. The average Bonchev–Trinajstić information content (AvgIpc) is 2.84. The number of nitrogens with zero attached hydrogens (tertiary/aromatic N) is 2. The summed E-state index contributed by atoms with van der Waals surface area (Å²) in [5.41, 5.74) is -2.10. The highest BCUT2D eigenvalue weighted by Gasteiger charge is 2.68. The smallest absolute Gasteiger partial charge is 0.310 e. The topological polar surface area (TPSA) is 36.8 Å². The minimum atomic E-state index is -4.33. The highest BCUT2D eigenvalue weighted by Crippen LogP contribution is 2.48. The van der Waals surface area contributed by atoms with Gasteiger partial charge in [0.15, 0.2) is 0 Å². The van der Waals surface area contributed by atoms with E-state index >= 15 is 0 Å². The minimum absolute atomic E-state index is 0. The third kappa shape index (κ3) is 1.72. The molecule has 82 valence electrons. The number of rotatable bonds is 1. The van der Waals surface area contributed by atoms with Gasteiger partial charge in [-0.1, -0.05) is 6.42 Å². The molecular weight excluding hydrogens is 219 g/mol. The zero-order valence-corrected chi connectivity index (χ0v) is 8.16.